The number of nitrogens with one attached hydrogen (secondary N) is 1. The zero-order valence-corrected chi connectivity index (χ0v) is 17.6. The summed E-state index contributed by atoms with van der Waals surface area (Å²) in [6, 6.07) is 6.80. The standard InChI is InChI=1S/C18H15Cl3N4O2S/c19-11-6-13(20)16(14(21)7-11)22-15(26)9-28-18-24-23-17(10-3-4-10)25(18)8-12-2-1-5-27-12/h1-2,5-7,10H,3-4,8-9H2,(H,22,26). The van der Waals surface area contributed by atoms with Crippen molar-refractivity contribution in [1.82, 2.24) is 14.8 Å². The SMILES string of the molecule is O=C(CSc1nnc(C2CC2)n1Cc1ccco1)Nc1c(Cl)cc(Cl)cc1Cl. The zero-order chi connectivity index (χ0) is 19.7. The first-order valence-corrected chi connectivity index (χ1v) is 10.7. The van der Waals surface area contributed by atoms with Crippen molar-refractivity contribution in [2.45, 2.75) is 30.5 Å². The van der Waals surface area contributed by atoms with Crippen molar-refractivity contribution in [2.75, 3.05) is 11.1 Å². The van der Waals surface area contributed by atoms with Crippen LogP contribution in [0.1, 0.15) is 30.3 Å². The molecule has 4 rings (SSSR count). The minimum absolute atomic E-state index is 0.135. The third-order valence-corrected chi connectivity index (χ3v) is 5.97. The summed E-state index contributed by atoms with van der Waals surface area (Å²) in [5.41, 5.74) is 0.342. The number of carbonyl (C=O) groups is 1. The van der Waals surface area contributed by atoms with Crippen LogP contribution >= 0.6 is 46.6 Å². The molecule has 1 aliphatic carbocycles. The van der Waals surface area contributed by atoms with Crippen molar-refractivity contribution in [1.29, 1.82) is 0 Å². The van der Waals surface area contributed by atoms with Gasteiger partial charge >= 0.3 is 0 Å². The van der Waals surface area contributed by atoms with Crippen molar-refractivity contribution in [3.8, 4) is 0 Å². The molecule has 28 heavy (non-hydrogen) atoms. The van der Waals surface area contributed by atoms with Gasteiger partial charge in [-0.15, -0.1) is 10.2 Å². The highest BCUT2D eigenvalue weighted by atomic mass is 35.5. The van der Waals surface area contributed by atoms with E-state index in [9.17, 15) is 4.79 Å². The Balaban J connectivity index is 1.45. The number of hydrogen-bond donors (Lipinski definition) is 1. The highest BCUT2D eigenvalue weighted by molar-refractivity contribution is 7.99. The molecule has 0 radical (unpaired) electrons. The Morgan fingerprint density at radius 1 is 1.25 bits per heavy atom. The molecule has 2 heterocycles. The van der Waals surface area contributed by atoms with Gasteiger partial charge in [-0.2, -0.15) is 0 Å². The second kappa shape index (κ2) is 8.37. The van der Waals surface area contributed by atoms with E-state index in [1.54, 1.807) is 6.26 Å². The highest BCUT2D eigenvalue weighted by Gasteiger charge is 2.30. The highest BCUT2D eigenvalue weighted by Crippen LogP contribution is 2.40. The van der Waals surface area contributed by atoms with Crippen molar-refractivity contribution in [3.05, 3.63) is 57.2 Å². The van der Waals surface area contributed by atoms with Crippen LogP contribution in [0.25, 0.3) is 0 Å². The fourth-order valence-corrected chi connectivity index (χ4v) is 4.38. The molecule has 3 aromatic rings. The Bertz CT molecular complexity index is 979. The van der Waals surface area contributed by atoms with E-state index in [2.05, 4.69) is 15.5 Å². The molecule has 1 amide bonds. The van der Waals surface area contributed by atoms with Crippen molar-refractivity contribution < 1.29 is 9.21 Å². The number of hydrogen-bond acceptors (Lipinski definition) is 5. The van der Waals surface area contributed by atoms with Crippen LogP contribution < -0.4 is 5.32 Å². The van der Waals surface area contributed by atoms with E-state index in [-0.39, 0.29) is 21.7 Å². The van der Waals surface area contributed by atoms with Gasteiger partial charge in [0.2, 0.25) is 5.91 Å². The maximum Gasteiger partial charge on any atom is 0.234 e. The number of halogens is 3. The number of amides is 1. The molecule has 6 nitrogen and oxygen atoms in total. The molecule has 10 heteroatoms. The molecular formula is C18H15Cl3N4O2S. The number of furan rings is 1. The summed E-state index contributed by atoms with van der Waals surface area (Å²) in [6.45, 7) is 0.532. The first-order valence-electron chi connectivity index (χ1n) is 8.54. The molecule has 0 spiro atoms. The normalized spacial score (nSPS) is 13.7. The zero-order valence-electron chi connectivity index (χ0n) is 14.5. The fourth-order valence-electron chi connectivity index (χ4n) is 2.72. The van der Waals surface area contributed by atoms with Crippen LogP contribution in [-0.4, -0.2) is 26.4 Å². The van der Waals surface area contributed by atoms with Crippen LogP contribution in [0.4, 0.5) is 5.69 Å². The lowest BCUT2D eigenvalue weighted by Gasteiger charge is -2.10. The number of aromatic nitrogens is 3. The number of rotatable bonds is 7. The molecule has 1 saturated carbocycles. The van der Waals surface area contributed by atoms with Gasteiger partial charge in [-0.3, -0.25) is 9.36 Å². The average Bonchev–Trinajstić information content (AvgIpc) is 3.21. The van der Waals surface area contributed by atoms with Crippen LogP contribution in [0.15, 0.2) is 40.1 Å². The third kappa shape index (κ3) is 4.49. The number of carbonyl (C=O) groups excluding carboxylic acids is 1. The van der Waals surface area contributed by atoms with Gasteiger partial charge in [0, 0.05) is 10.9 Å². The predicted molar refractivity (Wildman–Crippen MR) is 111 cm³/mol. The van der Waals surface area contributed by atoms with Crippen molar-refractivity contribution >= 4 is 58.2 Å². The molecule has 1 aromatic carbocycles. The molecule has 0 saturated heterocycles. The lowest BCUT2D eigenvalue weighted by Crippen LogP contribution is -2.15. The quantitative estimate of drug-likeness (QED) is 0.475. The van der Waals surface area contributed by atoms with E-state index in [4.69, 9.17) is 39.2 Å². The van der Waals surface area contributed by atoms with Gasteiger partial charge in [0.15, 0.2) is 5.16 Å². The number of thioether (sulfide) groups is 1. The first kappa shape index (κ1) is 19.6. The monoisotopic (exact) mass is 456 g/mol. The van der Waals surface area contributed by atoms with Gasteiger partial charge in [0.25, 0.3) is 0 Å². The molecule has 0 bridgehead atoms. The molecule has 2 aromatic heterocycles. The topological polar surface area (TPSA) is 73.0 Å². The molecule has 0 aliphatic heterocycles. The Morgan fingerprint density at radius 2 is 2.00 bits per heavy atom. The molecule has 146 valence electrons. The van der Waals surface area contributed by atoms with Crippen molar-refractivity contribution in [3.63, 3.8) is 0 Å². The second-order valence-electron chi connectivity index (χ2n) is 6.36. The minimum atomic E-state index is -0.253. The van der Waals surface area contributed by atoms with Gasteiger partial charge in [-0.05, 0) is 37.1 Å². The van der Waals surface area contributed by atoms with E-state index < -0.39 is 0 Å². The maximum atomic E-state index is 12.4. The number of anilines is 1. The van der Waals surface area contributed by atoms with Crippen molar-refractivity contribution in [2.24, 2.45) is 0 Å². The van der Waals surface area contributed by atoms with E-state index >= 15 is 0 Å². The molecule has 0 unspecified atom stereocenters. The summed E-state index contributed by atoms with van der Waals surface area (Å²) in [7, 11) is 0. The first-order chi connectivity index (χ1) is 13.5. The summed E-state index contributed by atoms with van der Waals surface area (Å²) < 4.78 is 7.46. The Labute approximate surface area is 180 Å². The Morgan fingerprint density at radius 3 is 2.64 bits per heavy atom. The van der Waals surface area contributed by atoms with Gasteiger partial charge in [0.05, 0.1) is 34.3 Å². The van der Waals surface area contributed by atoms with Crippen LogP contribution in [0, 0.1) is 0 Å². The lowest BCUT2D eigenvalue weighted by molar-refractivity contribution is -0.113. The Kier molecular flexibility index (Phi) is 5.87. The van der Waals surface area contributed by atoms with Crippen LogP contribution in [0.2, 0.25) is 15.1 Å². The summed E-state index contributed by atoms with van der Waals surface area (Å²) >= 11 is 19.4. The van der Waals surface area contributed by atoms with E-state index in [0.717, 1.165) is 24.4 Å². The van der Waals surface area contributed by atoms with Gasteiger partial charge in [0.1, 0.15) is 11.6 Å². The number of nitrogens with zero attached hydrogens (tertiary/aromatic N) is 3. The largest absolute Gasteiger partial charge is 0.467 e. The van der Waals surface area contributed by atoms with E-state index in [1.807, 2.05) is 16.7 Å². The van der Waals surface area contributed by atoms with Gasteiger partial charge < -0.3 is 9.73 Å². The summed E-state index contributed by atoms with van der Waals surface area (Å²) in [5, 5.41) is 13.0. The minimum Gasteiger partial charge on any atom is -0.467 e. The molecule has 1 N–H and O–H groups in total. The Hall–Kier alpha value is -1.67. The summed E-state index contributed by atoms with van der Waals surface area (Å²) in [5.74, 6) is 2.06. The fraction of sp³-hybridized carbons (Fsp3) is 0.278. The van der Waals surface area contributed by atoms with Crippen LogP contribution in [0.5, 0.6) is 0 Å². The molecule has 1 fully saturated rings. The third-order valence-electron chi connectivity index (χ3n) is 4.19. The van der Waals surface area contributed by atoms with Crippen LogP contribution in [-0.2, 0) is 11.3 Å². The summed E-state index contributed by atoms with van der Waals surface area (Å²) in [4.78, 5) is 12.4. The number of benzene rings is 1. The average molecular weight is 458 g/mol. The lowest BCUT2D eigenvalue weighted by atomic mass is 10.3. The van der Waals surface area contributed by atoms with E-state index in [1.165, 1.54) is 23.9 Å². The molecule has 0 atom stereocenters. The second-order valence-corrected chi connectivity index (χ2v) is 8.56. The van der Waals surface area contributed by atoms with Gasteiger partial charge in [-0.25, -0.2) is 0 Å². The molecular weight excluding hydrogens is 443 g/mol. The maximum absolute atomic E-state index is 12.4. The van der Waals surface area contributed by atoms with Crippen LogP contribution in [0.3, 0.4) is 0 Å². The van der Waals surface area contributed by atoms with Gasteiger partial charge in [-0.1, -0.05) is 46.6 Å². The summed E-state index contributed by atoms with van der Waals surface area (Å²) in [6.07, 6.45) is 3.85. The molecule has 1 aliphatic rings. The predicted octanol–water partition coefficient (Wildman–Crippen LogP) is 5.49. The smallest absolute Gasteiger partial charge is 0.234 e. The van der Waals surface area contributed by atoms with E-state index in [0.29, 0.717) is 28.3 Å².